The van der Waals surface area contributed by atoms with Crippen LogP contribution < -0.4 is 10.1 Å². The van der Waals surface area contributed by atoms with Crippen molar-refractivity contribution in [3.8, 4) is 17.0 Å². The summed E-state index contributed by atoms with van der Waals surface area (Å²) in [6.45, 7) is 1.88. The van der Waals surface area contributed by atoms with Crippen LogP contribution in [0.1, 0.15) is 11.7 Å². The van der Waals surface area contributed by atoms with E-state index >= 15 is 0 Å². The Bertz CT molecular complexity index is 563. The van der Waals surface area contributed by atoms with Crippen molar-refractivity contribution in [1.29, 1.82) is 0 Å². The molecule has 0 spiro atoms. The molecule has 94 valence electrons. The van der Waals surface area contributed by atoms with Gasteiger partial charge in [-0.25, -0.2) is 9.37 Å². The summed E-state index contributed by atoms with van der Waals surface area (Å²) in [5, 5.41) is 3.20. The van der Waals surface area contributed by atoms with Crippen LogP contribution in [0, 0.1) is 5.82 Å². The van der Waals surface area contributed by atoms with Crippen molar-refractivity contribution in [3.63, 3.8) is 0 Å². The largest absolute Gasteiger partial charge is 0.496 e. The van der Waals surface area contributed by atoms with Crippen LogP contribution in [0.25, 0.3) is 11.3 Å². The van der Waals surface area contributed by atoms with Gasteiger partial charge in [-0.3, -0.25) is 0 Å². The number of aromatic amines is 1. The highest BCUT2D eigenvalue weighted by molar-refractivity contribution is 5.66. The molecule has 2 aromatic rings. The minimum absolute atomic E-state index is 0.285. The predicted molar refractivity (Wildman–Crippen MR) is 66.1 cm³/mol. The number of H-pyrrole nitrogens is 1. The minimum atomic E-state index is -0.285. The Balaban J connectivity index is 1.98. The van der Waals surface area contributed by atoms with E-state index in [1.165, 1.54) is 12.1 Å². The molecule has 1 aromatic carbocycles. The lowest BCUT2D eigenvalue weighted by Gasteiger charge is -2.24. The lowest BCUT2D eigenvalue weighted by molar-refractivity contribution is 0.415. The second-order valence-corrected chi connectivity index (χ2v) is 4.38. The molecule has 5 heteroatoms. The fraction of sp³-hybridized carbons (Fsp3) is 0.308. The van der Waals surface area contributed by atoms with Gasteiger partial charge < -0.3 is 15.0 Å². The molecule has 1 saturated heterocycles. The zero-order valence-electron chi connectivity index (χ0n) is 10.0. The predicted octanol–water partition coefficient (Wildman–Crippen LogP) is 1.91. The van der Waals surface area contributed by atoms with Crippen LogP contribution in [0.2, 0.25) is 0 Å². The molecule has 3 rings (SSSR count). The summed E-state index contributed by atoms with van der Waals surface area (Å²) in [6, 6.07) is 4.46. The van der Waals surface area contributed by atoms with Gasteiger partial charge in [-0.1, -0.05) is 0 Å². The van der Waals surface area contributed by atoms with E-state index in [1.807, 2.05) is 0 Å². The van der Waals surface area contributed by atoms with Gasteiger partial charge in [-0.2, -0.15) is 0 Å². The molecule has 2 N–H and O–H groups in total. The number of imidazole rings is 1. The van der Waals surface area contributed by atoms with Gasteiger partial charge in [-0.05, 0) is 18.2 Å². The quantitative estimate of drug-likeness (QED) is 0.871. The summed E-state index contributed by atoms with van der Waals surface area (Å²) in [6.07, 6.45) is 1.73. The molecule has 2 heterocycles. The number of hydrogen-bond acceptors (Lipinski definition) is 3. The van der Waals surface area contributed by atoms with Crippen LogP contribution in [0.5, 0.6) is 5.75 Å². The molecular weight excluding hydrogens is 233 g/mol. The van der Waals surface area contributed by atoms with Gasteiger partial charge in [0.05, 0.1) is 19.0 Å². The summed E-state index contributed by atoms with van der Waals surface area (Å²) in [7, 11) is 1.57. The zero-order valence-corrected chi connectivity index (χ0v) is 10.0. The van der Waals surface area contributed by atoms with Gasteiger partial charge in [0.2, 0.25) is 0 Å². The number of ether oxygens (including phenoxy) is 1. The average Bonchev–Trinajstić information content (AvgIpc) is 2.76. The number of nitrogens with one attached hydrogen (secondary N) is 2. The first-order valence-electron chi connectivity index (χ1n) is 5.87. The second-order valence-electron chi connectivity index (χ2n) is 4.38. The number of nitrogens with zero attached hydrogens (tertiary/aromatic N) is 1. The summed E-state index contributed by atoms with van der Waals surface area (Å²) >= 11 is 0. The highest BCUT2D eigenvalue weighted by atomic mass is 19.1. The topological polar surface area (TPSA) is 49.9 Å². The van der Waals surface area contributed by atoms with E-state index in [0.29, 0.717) is 17.2 Å². The Morgan fingerprint density at radius 1 is 1.39 bits per heavy atom. The van der Waals surface area contributed by atoms with E-state index in [4.69, 9.17) is 4.74 Å². The van der Waals surface area contributed by atoms with E-state index in [0.717, 1.165) is 24.6 Å². The molecule has 0 radical (unpaired) electrons. The van der Waals surface area contributed by atoms with Crippen molar-refractivity contribution in [3.05, 3.63) is 36.0 Å². The van der Waals surface area contributed by atoms with Crippen molar-refractivity contribution in [2.45, 2.75) is 5.92 Å². The Kier molecular flexibility index (Phi) is 2.76. The summed E-state index contributed by atoms with van der Waals surface area (Å²) in [5.41, 5.74) is 1.48. The summed E-state index contributed by atoms with van der Waals surface area (Å²) < 4.78 is 18.6. The van der Waals surface area contributed by atoms with Crippen molar-refractivity contribution < 1.29 is 9.13 Å². The normalized spacial score (nSPS) is 15.4. The van der Waals surface area contributed by atoms with Crippen LogP contribution in [-0.2, 0) is 0 Å². The molecule has 1 aliphatic rings. The lowest BCUT2D eigenvalue weighted by atomic mass is 10.0. The SMILES string of the molecule is COc1ccc(F)cc1-c1cnc(C2CNC2)[nH]1. The average molecular weight is 247 g/mol. The molecule has 1 fully saturated rings. The van der Waals surface area contributed by atoms with Gasteiger partial charge in [-0.15, -0.1) is 0 Å². The Labute approximate surface area is 104 Å². The standard InChI is InChI=1S/C13H14FN3O/c1-18-12-3-2-9(14)4-10(12)11-7-16-13(17-11)8-5-15-6-8/h2-4,7-8,15H,5-6H2,1H3,(H,16,17). The third-order valence-corrected chi connectivity index (χ3v) is 3.22. The lowest BCUT2D eigenvalue weighted by Crippen LogP contribution is -2.40. The van der Waals surface area contributed by atoms with E-state index < -0.39 is 0 Å². The Hall–Kier alpha value is -1.88. The molecule has 1 aliphatic heterocycles. The molecule has 0 bridgehead atoms. The molecule has 0 amide bonds. The maximum absolute atomic E-state index is 13.3. The minimum Gasteiger partial charge on any atom is -0.496 e. The van der Waals surface area contributed by atoms with Crippen LogP contribution in [0.3, 0.4) is 0 Å². The Morgan fingerprint density at radius 3 is 2.89 bits per heavy atom. The first kappa shape index (κ1) is 11.2. The monoisotopic (exact) mass is 247 g/mol. The van der Waals surface area contributed by atoms with Crippen LogP contribution in [0.4, 0.5) is 4.39 Å². The van der Waals surface area contributed by atoms with E-state index in [2.05, 4.69) is 15.3 Å². The van der Waals surface area contributed by atoms with Crippen molar-refractivity contribution in [2.75, 3.05) is 20.2 Å². The Morgan fingerprint density at radius 2 is 2.22 bits per heavy atom. The third kappa shape index (κ3) is 1.86. The molecule has 0 atom stereocenters. The third-order valence-electron chi connectivity index (χ3n) is 3.22. The van der Waals surface area contributed by atoms with Crippen molar-refractivity contribution in [1.82, 2.24) is 15.3 Å². The zero-order chi connectivity index (χ0) is 12.5. The van der Waals surface area contributed by atoms with E-state index in [1.54, 1.807) is 19.4 Å². The molecule has 4 nitrogen and oxygen atoms in total. The van der Waals surface area contributed by atoms with Gasteiger partial charge >= 0.3 is 0 Å². The van der Waals surface area contributed by atoms with Crippen molar-refractivity contribution >= 4 is 0 Å². The molecule has 0 unspecified atom stereocenters. The van der Waals surface area contributed by atoms with E-state index in [9.17, 15) is 4.39 Å². The smallest absolute Gasteiger partial charge is 0.128 e. The van der Waals surface area contributed by atoms with Gasteiger partial charge in [0.25, 0.3) is 0 Å². The van der Waals surface area contributed by atoms with Gasteiger partial charge in [0.15, 0.2) is 0 Å². The maximum Gasteiger partial charge on any atom is 0.128 e. The molecule has 18 heavy (non-hydrogen) atoms. The van der Waals surface area contributed by atoms with Gasteiger partial charge in [0.1, 0.15) is 17.4 Å². The number of hydrogen-bond donors (Lipinski definition) is 2. The maximum atomic E-state index is 13.3. The number of benzene rings is 1. The van der Waals surface area contributed by atoms with Gasteiger partial charge in [0, 0.05) is 24.6 Å². The number of halogens is 1. The van der Waals surface area contributed by atoms with E-state index in [-0.39, 0.29) is 5.82 Å². The fourth-order valence-corrected chi connectivity index (χ4v) is 2.05. The first-order valence-corrected chi connectivity index (χ1v) is 5.87. The van der Waals surface area contributed by atoms with Crippen LogP contribution >= 0.6 is 0 Å². The number of methoxy groups -OCH3 is 1. The molecule has 0 saturated carbocycles. The van der Waals surface area contributed by atoms with Crippen LogP contribution in [-0.4, -0.2) is 30.2 Å². The number of rotatable bonds is 3. The van der Waals surface area contributed by atoms with Crippen molar-refractivity contribution in [2.24, 2.45) is 0 Å². The summed E-state index contributed by atoms with van der Waals surface area (Å²) in [5.74, 6) is 1.72. The number of aromatic nitrogens is 2. The summed E-state index contributed by atoms with van der Waals surface area (Å²) in [4.78, 5) is 7.58. The first-order chi connectivity index (χ1) is 8.78. The molecular formula is C13H14FN3O. The van der Waals surface area contributed by atoms with Crippen LogP contribution in [0.15, 0.2) is 24.4 Å². The molecule has 1 aromatic heterocycles. The highest BCUT2D eigenvalue weighted by Crippen LogP contribution is 2.30. The second kappa shape index (κ2) is 4.42. The fourth-order valence-electron chi connectivity index (χ4n) is 2.05. The molecule has 0 aliphatic carbocycles. The highest BCUT2D eigenvalue weighted by Gasteiger charge is 2.22.